The number of ether oxygens (including phenoxy) is 1. The molecule has 0 aromatic heterocycles. The lowest BCUT2D eigenvalue weighted by atomic mass is 9.92. The van der Waals surface area contributed by atoms with E-state index in [1.807, 2.05) is 52.0 Å². The zero-order valence-electron chi connectivity index (χ0n) is 17.9. The van der Waals surface area contributed by atoms with E-state index in [1.54, 1.807) is 9.80 Å². The summed E-state index contributed by atoms with van der Waals surface area (Å²) in [7, 11) is 0. The van der Waals surface area contributed by atoms with Crippen LogP contribution in [0.1, 0.15) is 58.9 Å². The third kappa shape index (κ3) is 4.61. The van der Waals surface area contributed by atoms with Crippen molar-refractivity contribution in [2.75, 3.05) is 18.0 Å². The van der Waals surface area contributed by atoms with E-state index < -0.39 is 11.8 Å². The molecule has 2 heterocycles. The molecule has 1 saturated heterocycles. The van der Waals surface area contributed by atoms with Gasteiger partial charge in [-0.05, 0) is 52.5 Å². The number of nitrogens with two attached hydrogens (primary N) is 1. The first-order valence-corrected chi connectivity index (χ1v) is 10.5. The van der Waals surface area contributed by atoms with Crippen LogP contribution < -0.4 is 10.6 Å². The van der Waals surface area contributed by atoms with Crippen molar-refractivity contribution >= 4 is 23.4 Å². The number of hydrogen-bond donors (Lipinski definition) is 1. The molecule has 1 aromatic rings. The van der Waals surface area contributed by atoms with Crippen LogP contribution in [0.2, 0.25) is 0 Å². The predicted octanol–water partition coefficient (Wildman–Crippen LogP) is 3.31. The number of benzodiazepines with no additional fused rings is 1. The van der Waals surface area contributed by atoms with Crippen LogP contribution in [0.5, 0.6) is 0 Å². The van der Waals surface area contributed by atoms with Crippen LogP contribution in [0.4, 0.5) is 10.5 Å². The largest absolute Gasteiger partial charge is 0.444 e. The molecular formula is C22H32N4O3. The number of fused-ring (bicyclic) bond motifs is 1. The molecule has 1 fully saturated rings. The zero-order valence-corrected chi connectivity index (χ0v) is 17.9. The van der Waals surface area contributed by atoms with E-state index in [4.69, 9.17) is 10.5 Å². The van der Waals surface area contributed by atoms with Crippen LogP contribution >= 0.6 is 0 Å². The second-order valence-corrected chi connectivity index (χ2v) is 8.65. The van der Waals surface area contributed by atoms with Crippen molar-refractivity contribution < 1.29 is 14.3 Å². The first-order valence-electron chi connectivity index (χ1n) is 10.5. The van der Waals surface area contributed by atoms with Crippen molar-refractivity contribution in [2.24, 2.45) is 10.7 Å². The highest BCUT2D eigenvalue weighted by Gasteiger charge is 2.38. The minimum atomic E-state index is -0.980. The Kier molecular flexibility index (Phi) is 6.27. The third-order valence-corrected chi connectivity index (χ3v) is 5.16. The molecule has 0 saturated carbocycles. The Balaban J connectivity index is 2.04. The quantitative estimate of drug-likeness (QED) is 0.843. The molecule has 0 spiro atoms. The van der Waals surface area contributed by atoms with Crippen molar-refractivity contribution in [1.29, 1.82) is 0 Å². The Morgan fingerprint density at radius 2 is 2.00 bits per heavy atom. The summed E-state index contributed by atoms with van der Waals surface area (Å²) in [4.78, 5) is 33.9. The summed E-state index contributed by atoms with van der Waals surface area (Å²) in [6.07, 6.45) is 2.14. The van der Waals surface area contributed by atoms with Gasteiger partial charge in [-0.1, -0.05) is 25.1 Å². The van der Waals surface area contributed by atoms with Gasteiger partial charge in [0.25, 0.3) is 5.91 Å². The van der Waals surface area contributed by atoms with Crippen molar-refractivity contribution in [3.05, 3.63) is 29.8 Å². The fraction of sp³-hybridized carbons (Fsp3) is 0.591. The molecule has 7 heteroatoms. The van der Waals surface area contributed by atoms with Gasteiger partial charge in [0, 0.05) is 18.7 Å². The molecule has 158 valence electrons. The number of piperidine rings is 1. The highest BCUT2D eigenvalue weighted by molar-refractivity contribution is 6.15. The Hall–Kier alpha value is -2.41. The molecule has 1 aromatic carbocycles. The molecule has 7 nitrogen and oxygen atoms in total. The Labute approximate surface area is 172 Å². The minimum Gasteiger partial charge on any atom is -0.444 e. The molecule has 3 rings (SSSR count). The van der Waals surface area contributed by atoms with Crippen molar-refractivity contribution in [3.63, 3.8) is 0 Å². The number of para-hydroxylation sites is 1. The van der Waals surface area contributed by atoms with Gasteiger partial charge >= 0.3 is 6.09 Å². The highest BCUT2D eigenvalue weighted by Crippen LogP contribution is 2.31. The van der Waals surface area contributed by atoms with Crippen LogP contribution in [0.15, 0.2) is 29.3 Å². The predicted molar refractivity (Wildman–Crippen MR) is 114 cm³/mol. The summed E-state index contributed by atoms with van der Waals surface area (Å²) in [5.74, 6) is -0.214. The lowest BCUT2D eigenvalue weighted by Crippen LogP contribution is -2.50. The lowest BCUT2D eigenvalue weighted by molar-refractivity contribution is -0.119. The number of rotatable bonds is 3. The van der Waals surface area contributed by atoms with Crippen molar-refractivity contribution in [1.82, 2.24) is 4.90 Å². The van der Waals surface area contributed by atoms with E-state index >= 15 is 0 Å². The second kappa shape index (κ2) is 8.53. The maximum Gasteiger partial charge on any atom is 0.410 e. The van der Waals surface area contributed by atoms with Gasteiger partial charge in [-0.3, -0.25) is 14.7 Å². The molecule has 0 radical (unpaired) electrons. The van der Waals surface area contributed by atoms with E-state index in [9.17, 15) is 9.59 Å². The highest BCUT2D eigenvalue weighted by atomic mass is 16.6. The summed E-state index contributed by atoms with van der Waals surface area (Å²) in [6, 6.07) is 7.47. The fourth-order valence-corrected chi connectivity index (χ4v) is 3.95. The number of nitrogens with zero attached hydrogens (tertiary/aromatic N) is 3. The molecule has 0 aliphatic carbocycles. The van der Waals surface area contributed by atoms with Gasteiger partial charge in [-0.15, -0.1) is 0 Å². The SMILES string of the molecule is CCCN1C(=O)[C@H](N)N=C([C@@H]2CCCCN2C(=O)OC(C)(C)C)c2ccccc21. The van der Waals surface area contributed by atoms with Gasteiger partial charge in [-0.25, -0.2) is 4.79 Å². The maximum absolute atomic E-state index is 12.9. The summed E-state index contributed by atoms with van der Waals surface area (Å²) < 4.78 is 5.65. The van der Waals surface area contributed by atoms with Crippen LogP contribution in [-0.2, 0) is 9.53 Å². The minimum absolute atomic E-state index is 0.214. The number of amides is 2. The van der Waals surface area contributed by atoms with Gasteiger partial charge in [0.1, 0.15) is 5.60 Å². The number of carbonyl (C=O) groups excluding carboxylic acids is 2. The maximum atomic E-state index is 12.9. The molecule has 2 amide bonds. The molecule has 29 heavy (non-hydrogen) atoms. The van der Waals surface area contributed by atoms with E-state index in [2.05, 4.69) is 4.99 Å². The standard InChI is InChI=1S/C22H32N4O3/c1-5-13-25-16-11-7-6-10-15(16)18(24-19(23)20(25)27)17-12-8-9-14-26(17)21(28)29-22(2,3)4/h6-7,10-11,17,19H,5,8-9,12-14,23H2,1-4H3/t17-,19+/m0/s1. The van der Waals surface area contributed by atoms with Gasteiger partial charge < -0.3 is 15.4 Å². The molecule has 0 unspecified atom stereocenters. The normalized spacial score (nSPS) is 22.7. The average molecular weight is 401 g/mol. The van der Waals surface area contributed by atoms with E-state index in [1.165, 1.54) is 0 Å². The molecular weight excluding hydrogens is 368 g/mol. The van der Waals surface area contributed by atoms with Gasteiger partial charge in [-0.2, -0.15) is 0 Å². The number of likely N-dealkylation sites (tertiary alicyclic amines) is 1. The topological polar surface area (TPSA) is 88.2 Å². The van der Waals surface area contributed by atoms with Crippen LogP contribution in [-0.4, -0.2) is 53.5 Å². The number of carbonyl (C=O) groups is 2. The Morgan fingerprint density at radius 3 is 2.69 bits per heavy atom. The van der Waals surface area contributed by atoms with E-state index in [0.29, 0.717) is 18.8 Å². The van der Waals surface area contributed by atoms with Gasteiger partial charge in [0.05, 0.1) is 17.4 Å². The summed E-state index contributed by atoms with van der Waals surface area (Å²) in [6.45, 7) is 8.79. The molecule has 0 bridgehead atoms. The number of anilines is 1. The summed E-state index contributed by atoms with van der Waals surface area (Å²) in [5.41, 5.74) is 7.98. The van der Waals surface area contributed by atoms with Crippen molar-refractivity contribution in [2.45, 2.75) is 71.2 Å². The number of hydrogen-bond acceptors (Lipinski definition) is 5. The summed E-state index contributed by atoms with van der Waals surface area (Å²) in [5, 5.41) is 0. The Bertz CT molecular complexity index is 799. The average Bonchev–Trinajstić information content (AvgIpc) is 2.77. The molecule has 2 aliphatic heterocycles. The van der Waals surface area contributed by atoms with Crippen molar-refractivity contribution in [3.8, 4) is 0 Å². The third-order valence-electron chi connectivity index (χ3n) is 5.16. The molecule has 2 atom stereocenters. The van der Waals surface area contributed by atoms with E-state index in [-0.39, 0.29) is 18.0 Å². The van der Waals surface area contributed by atoms with Gasteiger partial charge in [0.15, 0.2) is 6.17 Å². The first-order chi connectivity index (χ1) is 13.7. The van der Waals surface area contributed by atoms with Crippen LogP contribution in [0, 0.1) is 0 Å². The Morgan fingerprint density at radius 1 is 1.28 bits per heavy atom. The lowest BCUT2D eigenvalue weighted by Gasteiger charge is -2.37. The van der Waals surface area contributed by atoms with Crippen LogP contribution in [0.3, 0.4) is 0 Å². The number of aliphatic imine (C=N–C) groups is 1. The zero-order chi connectivity index (χ0) is 21.2. The smallest absolute Gasteiger partial charge is 0.410 e. The van der Waals surface area contributed by atoms with Gasteiger partial charge in [0.2, 0.25) is 0 Å². The monoisotopic (exact) mass is 400 g/mol. The summed E-state index contributed by atoms with van der Waals surface area (Å²) >= 11 is 0. The molecule has 2 aliphatic rings. The van der Waals surface area contributed by atoms with E-state index in [0.717, 1.165) is 36.9 Å². The second-order valence-electron chi connectivity index (χ2n) is 8.65. The first kappa shape index (κ1) is 21.3. The van der Waals surface area contributed by atoms with Crippen LogP contribution in [0.25, 0.3) is 0 Å². The fourth-order valence-electron chi connectivity index (χ4n) is 3.95. The number of benzene rings is 1. The molecule has 2 N–H and O–H groups in total.